The van der Waals surface area contributed by atoms with E-state index in [1.165, 1.54) is 0 Å². The van der Waals surface area contributed by atoms with Crippen LogP contribution in [-0.2, 0) is 24.8 Å². The van der Waals surface area contributed by atoms with Crippen molar-refractivity contribution in [1.82, 2.24) is 0 Å². The lowest BCUT2D eigenvalue weighted by molar-refractivity contribution is -0.190. The van der Waals surface area contributed by atoms with E-state index in [2.05, 4.69) is 12.1 Å². The number of hydrogen-bond donors (Lipinski definition) is 0. The molecule has 0 N–H and O–H groups in total. The molecule has 4 bridgehead atoms. The molecule has 1 heterocycles. The number of Topliss-reactive ketones (excluding diaryl/α,β-unsaturated/α-hetero) is 2. The van der Waals surface area contributed by atoms with Crippen LogP contribution in [0.15, 0.2) is 82.6 Å². The predicted molar refractivity (Wildman–Crippen MR) is 142 cm³/mol. The van der Waals surface area contributed by atoms with Gasteiger partial charge in [-0.05, 0) is 80.5 Å². The number of ether oxygens (including phenoxy) is 2. The second-order valence-electron chi connectivity index (χ2n) is 11.0. The first-order valence-electron chi connectivity index (χ1n) is 13.1. The highest BCUT2D eigenvalue weighted by Crippen LogP contribution is 2.55. The lowest BCUT2D eigenvalue weighted by Crippen LogP contribution is -2.57. The zero-order valence-electron chi connectivity index (χ0n) is 20.5. The molecule has 0 radical (unpaired) electrons. The molecule has 1 aliphatic heterocycles. The van der Waals surface area contributed by atoms with E-state index in [1.807, 2.05) is 60.7 Å². The van der Waals surface area contributed by atoms with Gasteiger partial charge in [0.25, 0.3) is 0 Å². The van der Waals surface area contributed by atoms with Crippen LogP contribution in [-0.4, -0.2) is 34.6 Å². The Morgan fingerprint density at radius 1 is 0.946 bits per heavy atom. The van der Waals surface area contributed by atoms with E-state index in [0.29, 0.717) is 30.3 Å². The largest absolute Gasteiger partial charge is 0.482 e. The number of ketones is 2. The fraction of sp³-hybridized carbons (Fsp3) is 0.355. The summed E-state index contributed by atoms with van der Waals surface area (Å²) in [7, 11) is -0.841. The van der Waals surface area contributed by atoms with Gasteiger partial charge in [-0.3, -0.25) is 9.59 Å². The Kier molecular flexibility index (Phi) is 5.36. The van der Waals surface area contributed by atoms with Crippen LogP contribution < -0.4 is 4.74 Å². The van der Waals surface area contributed by atoms with Crippen molar-refractivity contribution in [2.24, 2.45) is 23.7 Å². The Morgan fingerprint density at radius 3 is 2.49 bits per heavy atom. The van der Waals surface area contributed by atoms with Gasteiger partial charge in [0.15, 0.2) is 12.4 Å². The van der Waals surface area contributed by atoms with Crippen LogP contribution in [0.2, 0.25) is 0 Å². The molecular formula is C31H29O5S+. The van der Waals surface area contributed by atoms with Gasteiger partial charge in [-0.25, -0.2) is 4.79 Å². The average molecular weight is 514 g/mol. The summed E-state index contributed by atoms with van der Waals surface area (Å²) < 4.78 is 11.8. The minimum atomic E-state index is -0.841. The molecule has 6 aliphatic rings. The topological polar surface area (TPSA) is 69.7 Å². The fourth-order valence-electron chi connectivity index (χ4n) is 7.34. The Morgan fingerprint density at radius 2 is 1.70 bits per heavy atom. The molecule has 188 valence electrons. The molecule has 4 saturated carbocycles. The molecule has 0 spiro atoms. The Hall–Kier alpha value is -3.25. The Balaban J connectivity index is 1.07. The molecule has 0 amide bonds. The molecule has 5 nitrogen and oxygen atoms in total. The van der Waals surface area contributed by atoms with Crippen molar-refractivity contribution in [3.8, 4) is 5.75 Å². The number of benzene rings is 2. The van der Waals surface area contributed by atoms with E-state index in [1.54, 1.807) is 0 Å². The van der Waals surface area contributed by atoms with E-state index in [4.69, 9.17) is 9.47 Å². The predicted octanol–water partition coefficient (Wildman–Crippen LogP) is 4.64. The fourth-order valence-corrected chi connectivity index (χ4v) is 10.0. The van der Waals surface area contributed by atoms with E-state index < -0.39 is 16.1 Å². The number of fused-ring (bicyclic) bond motifs is 2. The summed E-state index contributed by atoms with van der Waals surface area (Å²) in [4.78, 5) is 41.6. The molecule has 0 saturated heterocycles. The molecule has 4 atom stereocenters. The number of rotatable bonds is 5. The van der Waals surface area contributed by atoms with Crippen molar-refractivity contribution in [3.05, 3.63) is 78.4 Å². The highest BCUT2D eigenvalue weighted by molar-refractivity contribution is 7.97. The highest BCUT2D eigenvalue weighted by Gasteiger charge is 2.57. The summed E-state index contributed by atoms with van der Waals surface area (Å²) >= 11 is 0. The van der Waals surface area contributed by atoms with Crippen molar-refractivity contribution in [2.75, 3.05) is 6.61 Å². The maximum absolute atomic E-state index is 13.1. The second-order valence-corrected chi connectivity index (χ2v) is 13.2. The van der Waals surface area contributed by atoms with Crippen molar-refractivity contribution in [2.45, 2.75) is 47.5 Å². The van der Waals surface area contributed by atoms with Crippen molar-refractivity contribution in [1.29, 1.82) is 0 Å². The quantitative estimate of drug-likeness (QED) is 0.252. The molecule has 37 heavy (non-hydrogen) atoms. The molecule has 5 aliphatic carbocycles. The number of thiol groups is 1. The third-order valence-electron chi connectivity index (χ3n) is 8.67. The van der Waals surface area contributed by atoms with E-state index in [9.17, 15) is 14.4 Å². The van der Waals surface area contributed by atoms with Gasteiger partial charge in [0.1, 0.15) is 37.7 Å². The van der Waals surface area contributed by atoms with E-state index in [-0.39, 0.29) is 36.1 Å². The lowest BCUT2D eigenvalue weighted by Gasteiger charge is -2.54. The summed E-state index contributed by atoms with van der Waals surface area (Å²) in [6, 6.07) is 15.8. The van der Waals surface area contributed by atoms with Gasteiger partial charge in [0.05, 0.1) is 5.56 Å². The molecule has 2 aromatic carbocycles. The molecule has 4 unspecified atom stereocenters. The van der Waals surface area contributed by atoms with Gasteiger partial charge in [-0.2, -0.15) is 0 Å². The van der Waals surface area contributed by atoms with Crippen LogP contribution >= 0.6 is 0 Å². The van der Waals surface area contributed by atoms with Gasteiger partial charge >= 0.3 is 5.97 Å². The maximum Gasteiger partial charge on any atom is 0.344 e. The molecule has 6 heteroatoms. The summed E-state index contributed by atoms with van der Waals surface area (Å²) in [5, 5.41) is 0. The van der Waals surface area contributed by atoms with Gasteiger partial charge in [0.2, 0.25) is 0 Å². The van der Waals surface area contributed by atoms with Crippen LogP contribution in [0.4, 0.5) is 0 Å². The molecule has 0 aromatic heterocycles. The first-order valence-corrected chi connectivity index (χ1v) is 14.5. The normalized spacial score (nSPS) is 32.8. The zero-order chi connectivity index (χ0) is 25.1. The van der Waals surface area contributed by atoms with Crippen molar-refractivity contribution < 1.29 is 23.9 Å². The lowest BCUT2D eigenvalue weighted by atomic mass is 9.53. The summed E-state index contributed by atoms with van der Waals surface area (Å²) in [6.45, 7) is -0.145. The molecular weight excluding hydrogens is 484 g/mol. The van der Waals surface area contributed by atoms with Crippen LogP contribution in [0, 0.1) is 23.7 Å². The van der Waals surface area contributed by atoms with Crippen LogP contribution in [0.5, 0.6) is 5.75 Å². The third-order valence-corrected chi connectivity index (χ3v) is 11.3. The first-order chi connectivity index (χ1) is 18.0. The second kappa shape index (κ2) is 8.66. The zero-order valence-corrected chi connectivity index (χ0v) is 21.4. The van der Waals surface area contributed by atoms with E-state index >= 15 is 0 Å². The summed E-state index contributed by atoms with van der Waals surface area (Å²) in [5.41, 5.74) is 0.329. The van der Waals surface area contributed by atoms with Gasteiger partial charge in [-0.15, -0.1) is 0 Å². The number of allylic oxidation sites excluding steroid dienone is 4. The number of carbonyl (C=O) groups excluding carboxylic acids is 3. The first kappa shape index (κ1) is 22.9. The third kappa shape index (κ3) is 3.84. The van der Waals surface area contributed by atoms with Crippen molar-refractivity contribution >= 4 is 32.9 Å². The number of hydrogen-bond acceptors (Lipinski definition) is 5. The smallest absolute Gasteiger partial charge is 0.344 e. The highest BCUT2D eigenvalue weighted by atomic mass is 32.2. The average Bonchev–Trinajstić information content (AvgIpc) is 2.91. The maximum atomic E-state index is 13.1. The summed E-state index contributed by atoms with van der Waals surface area (Å²) in [6.07, 6.45) is 12.2. The van der Waals surface area contributed by atoms with Crippen LogP contribution in [0.1, 0.15) is 42.5 Å². The molecule has 2 aromatic rings. The minimum Gasteiger partial charge on any atom is -0.482 e. The monoisotopic (exact) mass is 513 g/mol. The summed E-state index contributed by atoms with van der Waals surface area (Å²) in [5.74, 6) is 1.23. The van der Waals surface area contributed by atoms with Crippen molar-refractivity contribution in [3.63, 3.8) is 0 Å². The standard InChI is InChI=1S/C31H28O5S/c32-28(36-31-15-19-13-20(16-31)29(33)21(14-19)17-31)18-35-22-9-11-23(12-10-22)37-26-7-3-1-5-24(26)30(34)25-6-2-4-8-27(25)37/h1-12,19-21,24H,13-18H2/p+1. The van der Waals surface area contributed by atoms with Gasteiger partial charge in [0, 0.05) is 11.8 Å². The SMILES string of the molecule is O=C(COc1ccc([SH+]2=C3C=CC=CC3C(=O)c3ccccc32)cc1)OC12CC3CC(C1)C(=O)C(C3)C2. The van der Waals surface area contributed by atoms with Crippen LogP contribution in [0.3, 0.4) is 0 Å². The van der Waals surface area contributed by atoms with Gasteiger partial charge < -0.3 is 9.47 Å². The Labute approximate surface area is 218 Å². The minimum absolute atomic E-state index is 0.0710. The number of carbonyl (C=O) groups is 3. The van der Waals surface area contributed by atoms with Gasteiger partial charge in [-0.1, -0.05) is 40.8 Å². The molecule has 8 rings (SSSR count). The number of esters is 1. The Bertz CT molecular complexity index is 1400. The van der Waals surface area contributed by atoms with Crippen LogP contribution in [0.25, 0.3) is 0 Å². The molecule has 4 fully saturated rings. The van der Waals surface area contributed by atoms with E-state index in [0.717, 1.165) is 39.5 Å².